The van der Waals surface area contributed by atoms with E-state index in [1.807, 2.05) is 25.1 Å². The molecule has 4 rings (SSSR count). The number of ether oxygens (including phenoxy) is 2. The molecule has 3 heterocycles. The topological polar surface area (TPSA) is 58.4 Å². The van der Waals surface area contributed by atoms with Gasteiger partial charge in [-0.05, 0) is 25.6 Å². The second kappa shape index (κ2) is 8.51. The van der Waals surface area contributed by atoms with Gasteiger partial charge >= 0.3 is 0 Å². The number of aryl methyl sites for hydroxylation is 1. The van der Waals surface area contributed by atoms with E-state index < -0.39 is 0 Å². The first-order valence-electron chi connectivity index (χ1n) is 10.1. The van der Waals surface area contributed by atoms with Crippen LogP contribution >= 0.6 is 0 Å². The number of likely N-dealkylation sites (N-methyl/N-ethyl adjacent to an activating group) is 1. The number of fused-ring (bicyclic) bond motifs is 1. The van der Waals surface area contributed by atoms with Gasteiger partial charge in [-0.1, -0.05) is 12.1 Å². The Balaban J connectivity index is 1.59. The maximum Gasteiger partial charge on any atom is 0.243 e. The number of hydrogen-bond donors (Lipinski definition) is 0. The Hall–Kier alpha value is -2.09. The zero-order valence-corrected chi connectivity index (χ0v) is 16.8. The summed E-state index contributed by atoms with van der Waals surface area (Å²) in [5, 5.41) is 0.576. The lowest BCUT2D eigenvalue weighted by atomic mass is 10.1. The van der Waals surface area contributed by atoms with Crippen molar-refractivity contribution in [3.05, 3.63) is 34.0 Å². The standard InChI is InChI=1S/C21H29N3O4/c1-16-4-3-5-17-18(25)20(27-15-10-23-8-6-22(2)7-9-23)21(28-19(16)17)24-11-13-26-14-12-24/h3-5H,6-15H2,1-2H3. The molecule has 152 valence electrons. The van der Waals surface area contributed by atoms with Gasteiger partial charge in [0.2, 0.25) is 17.1 Å². The maximum atomic E-state index is 13.2. The second-order valence-corrected chi connectivity index (χ2v) is 7.61. The zero-order valence-electron chi connectivity index (χ0n) is 16.8. The molecule has 2 aliphatic rings. The molecule has 2 fully saturated rings. The van der Waals surface area contributed by atoms with E-state index in [1.165, 1.54) is 0 Å². The lowest BCUT2D eigenvalue weighted by Crippen LogP contribution is -2.45. The molecule has 0 aliphatic carbocycles. The van der Waals surface area contributed by atoms with Crippen LogP contribution in [0.2, 0.25) is 0 Å². The fourth-order valence-corrected chi connectivity index (χ4v) is 3.78. The lowest BCUT2D eigenvalue weighted by Gasteiger charge is -2.32. The number of benzene rings is 1. The summed E-state index contributed by atoms with van der Waals surface area (Å²) < 4.78 is 17.7. The minimum atomic E-state index is -0.0928. The monoisotopic (exact) mass is 387 g/mol. The maximum absolute atomic E-state index is 13.2. The molecule has 0 unspecified atom stereocenters. The van der Waals surface area contributed by atoms with E-state index in [0.717, 1.165) is 38.3 Å². The van der Waals surface area contributed by atoms with Crippen molar-refractivity contribution in [3.63, 3.8) is 0 Å². The SMILES string of the molecule is Cc1cccc2c(=O)c(OCCN3CCN(C)CC3)c(N3CCOCC3)oc12. The van der Waals surface area contributed by atoms with Crippen LogP contribution in [0.3, 0.4) is 0 Å². The Labute approximate surface area is 165 Å². The van der Waals surface area contributed by atoms with Gasteiger partial charge in [0.05, 0.1) is 18.6 Å². The van der Waals surface area contributed by atoms with Crippen molar-refractivity contribution in [2.75, 3.05) is 77.6 Å². The highest BCUT2D eigenvalue weighted by Gasteiger charge is 2.24. The summed E-state index contributed by atoms with van der Waals surface area (Å²) >= 11 is 0. The van der Waals surface area contributed by atoms with Crippen LogP contribution in [0.15, 0.2) is 27.4 Å². The van der Waals surface area contributed by atoms with Crippen molar-refractivity contribution in [1.82, 2.24) is 9.80 Å². The van der Waals surface area contributed by atoms with Crippen LogP contribution in [0, 0.1) is 6.92 Å². The number of morpholine rings is 1. The fourth-order valence-electron chi connectivity index (χ4n) is 3.78. The summed E-state index contributed by atoms with van der Waals surface area (Å²) in [4.78, 5) is 20.0. The number of nitrogens with zero attached hydrogens (tertiary/aromatic N) is 3. The first kappa shape index (κ1) is 19.2. The van der Waals surface area contributed by atoms with Gasteiger partial charge in [0.15, 0.2) is 0 Å². The van der Waals surface area contributed by atoms with Crippen LogP contribution in [-0.2, 0) is 4.74 Å². The molecule has 2 saturated heterocycles. The van der Waals surface area contributed by atoms with E-state index in [1.54, 1.807) is 0 Å². The molecule has 7 nitrogen and oxygen atoms in total. The van der Waals surface area contributed by atoms with Crippen molar-refractivity contribution in [2.45, 2.75) is 6.92 Å². The number of hydrogen-bond acceptors (Lipinski definition) is 7. The summed E-state index contributed by atoms with van der Waals surface area (Å²) in [6, 6.07) is 5.66. The molecule has 0 amide bonds. The van der Waals surface area contributed by atoms with E-state index >= 15 is 0 Å². The van der Waals surface area contributed by atoms with Gasteiger partial charge in [0, 0.05) is 45.8 Å². The molecule has 2 aliphatic heterocycles. The third kappa shape index (κ3) is 4.01. The normalized spacial score (nSPS) is 19.3. The molecule has 1 aromatic carbocycles. The van der Waals surface area contributed by atoms with Gasteiger partial charge in [-0.3, -0.25) is 9.69 Å². The quantitative estimate of drug-likeness (QED) is 0.772. The molecule has 0 atom stereocenters. The third-order valence-electron chi connectivity index (χ3n) is 5.60. The van der Waals surface area contributed by atoms with E-state index in [2.05, 4.69) is 21.7 Å². The third-order valence-corrected chi connectivity index (χ3v) is 5.60. The molecule has 0 radical (unpaired) electrons. The van der Waals surface area contributed by atoms with Crippen LogP contribution in [0.4, 0.5) is 5.88 Å². The first-order chi connectivity index (χ1) is 13.6. The average molecular weight is 387 g/mol. The minimum Gasteiger partial charge on any atom is -0.484 e. The van der Waals surface area contributed by atoms with E-state index in [4.69, 9.17) is 13.9 Å². The number of para-hydroxylation sites is 1. The first-order valence-corrected chi connectivity index (χ1v) is 10.1. The van der Waals surface area contributed by atoms with Crippen LogP contribution < -0.4 is 15.1 Å². The Morgan fingerprint density at radius 1 is 1.07 bits per heavy atom. The number of rotatable bonds is 5. The van der Waals surface area contributed by atoms with Crippen molar-refractivity contribution < 1.29 is 13.9 Å². The molecular weight excluding hydrogens is 358 g/mol. The van der Waals surface area contributed by atoms with Gasteiger partial charge in [-0.2, -0.15) is 0 Å². The summed E-state index contributed by atoms with van der Waals surface area (Å²) in [5.41, 5.74) is 1.50. The van der Waals surface area contributed by atoms with Gasteiger partial charge in [0.1, 0.15) is 12.2 Å². The highest BCUT2D eigenvalue weighted by Crippen LogP contribution is 2.31. The van der Waals surface area contributed by atoms with Gasteiger partial charge in [-0.25, -0.2) is 0 Å². The predicted molar refractivity (Wildman–Crippen MR) is 110 cm³/mol. The Morgan fingerprint density at radius 2 is 1.82 bits per heavy atom. The average Bonchev–Trinajstić information content (AvgIpc) is 2.72. The van der Waals surface area contributed by atoms with E-state index in [-0.39, 0.29) is 5.43 Å². The largest absolute Gasteiger partial charge is 0.484 e. The molecule has 0 saturated carbocycles. The van der Waals surface area contributed by atoms with E-state index in [9.17, 15) is 4.79 Å². The summed E-state index contributed by atoms with van der Waals surface area (Å²) in [6.45, 7) is 10.1. The van der Waals surface area contributed by atoms with Crippen molar-refractivity contribution >= 4 is 16.9 Å². The smallest absolute Gasteiger partial charge is 0.243 e. The highest BCUT2D eigenvalue weighted by molar-refractivity contribution is 5.83. The van der Waals surface area contributed by atoms with Crippen molar-refractivity contribution in [2.24, 2.45) is 0 Å². The molecule has 1 aromatic heterocycles. The minimum absolute atomic E-state index is 0.0928. The molecule has 0 bridgehead atoms. The molecule has 2 aromatic rings. The summed E-state index contributed by atoms with van der Waals surface area (Å²) in [6.07, 6.45) is 0. The van der Waals surface area contributed by atoms with Crippen LogP contribution in [-0.4, -0.2) is 82.5 Å². The summed E-state index contributed by atoms with van der Waals surface area (Å²) in [5.74, 6) is 0.864. The molecule has 0 spiro atoms. The zero-order chi connectivity index (χ0) is 19.5. The second-order valence-electron chi connectivity index (χ2n) is 7.61. The van der Waals surface area contributed by atoms with E-state index in [0.29, 0.717) is 55.5 Å². The molecule has 28 heavy (non-hydrogen) atoms. The number of anilines is 1. The number of piperazine rings is 1. The van der Waals surface area contributed by atoms with Crippen LogP contribution in [0.25, 0.3) is 11.0 Å². The van der Waals surface area contributed by atoms with Crippen molar-refractivity contribution in [3.8, 4) is 5.75 Å². The molecular formula is C21H29N3O4. The Kier molecular flexibility index (Phi) is 5.85. The predicted octanol–water partition coefficient (Wildman–Crippen LogP) is 1.56. The lowest BCUT2D eigenvalue weighted by molar-refractivity contribution is 0.119. The van der Waals surface area contributed by atoms with Crippen molar-refractivity contribution in [1.29, 1.82) is 0 Å². The molecule has 7 heteroatoms. The van der Waals surface area contributed by atoms with Gasteiger partial charge < -0.3 is 23.7 Å². The highest BCUT2D eigenvalue weighted by atomic mass is 16.5. The fraction of sp³-hybridized carbons (Fsp3) is 0.571. The summed E-state index contributed by atoms with van der Waals surface area (Å²) in [7, 11) is 2.14. The Morgan fingerprint density at radius 3 is 2.57 bits per heavy atom. The van der Waals surface area contributed by atoms with Gasteiger partial charge in [-0.15, -0.1) is 0 Å². The van der Waals surface area contributed by atoms with Crippen LogP contribution in [0.5, 0.6) is 5.75 Å². The van der Waals surface area contributed by atoms with Crippen LogP contribution in [0.1, 0.15) is 5.56 Å². The van der Waals surface area contributed by atoms with Gasteiger partial charge in [0.25, 0.3) is 0 Å². The Bertz CT molecular complexity index is 868. The molecule has 0 N–H and O–H groups in total.